The molecule has 1 amide bonds. The van der Waals surface area contributed by atoms with Crippen LogP contribution in [-0.4, -0.2) is 69.1 Å². The molecule has 6 heteroatoms. The number of amides is 1. The summed E-state index contributed by atoms with van der Waals surface area (Å²) in [5.41, 5.74) is 0.501. The zero-order valence-electron chi connectivity index (χ0n) is 12.4. The van der Waals surface area contributed by atoms with E-state index < -0.39 is 6.10 Å². The summed E-state index contributed by atoms with van der Waals surface area (Å²) in [5.74, 6) is 0.654. The Morgan fingerprint density at radius 1 is 1.29 bits per heavy atom. The Bertz CT molecular complexity index is 499. The maximum absolute atomic E-state index is 12.5. The van der Waals surface area contributed by atoms with Gasteiger partial charge in [0.15, 0.2) is 0 Å². The number of aryl methyl sites for hydroxylation is 1. The summed E-state index contributed by atoms with van der Waals surface area (Å²) in [6.07, 6.45) is 5.84. The number of hydrogen-bond acceptors (Lipinski definition) is 5. The van der Waals surface area contributed by atoms with Gasteiger partial charge < -0.3 is 10.0 Å². The monoisotopic (exact) mass is 290 g/mol. The smallest absolute Gasteiger partial charge is 0.257 e. The van der Waals surface area contributed by atoms with Gasteiger partial charge in [-0.05, 0) is 25.9 Å². The first-order chi connectivity index (χ1) is 10.2. The van der Waals surface area contributed by atoms with Crippen LogP contribution >= 0.6 is 0 Å². The van der Waals surface area contributed by atoms with Gasteiger partial charge in [-0.25, -0.2) is 9.97 Å². The molecule has 114 valence electrons. The lowest BCUT2D eigenvalue weighted by molar-refractivity contribution is 0.0762. The van der Waals surface area contributed by atoms with Gasteiger partial charge in [-0.2, -0.15) is 0 Å². The molecule has 0 aliphatic carbocycles. The summed E-state index contributed by atoms with van der Waals surface area (Å²) in [5, 5.41) is 10.2. The van der Waals surface area contributed by atoms with Crippen molar-refractivity contribution in [1.29, 1.82) is 0 Å². The van der Waals surface area contributed by atoms with Crippen molar-refractivity contribution < 1.29 is 9.90 Å². The first kappa shape index (κ1) is 14.4. The molecule has 1 aromatic heterocycles. The maximum atomic E-state index is 12.5. The molecule has 2 aliphatic heterocycles. The molecule has 2 aliphatic rings. The van der Waals surface area contributed by atoms with E-state index in [1.807, 2.05) is 6.92 Å². The summed E-state index contributed by atoms with van der Waals surface area (Å²) in [7, 11) is 0. The van der Waals surface area contributed by atoms with Gasteiger partial charge in [0.1, 0.15) is 5.82 Å². The fourth-order valence-electron chi connectivity index (χ4n) is 3.20. The third kappa shape index (κ3) is 2.91. The Morgan fingerprint density at radius 2 is 1.95 bits per heavy atom. The quantitative estimate of drug-likeness (QED) is 0.868. The zero-order chi connectivity index (χ0) is 14.8. The predicted molar refractivity (Wildman–Crippen MR) is 77.9 cm³/mol. The SMILES string of the molecule is CCc1ncc(C(=O)N2C[C@H](O)[C@@H](N3CCCC3)C2)cn1. The summed E-state index contributed by atoms with van der Waals surface area (Å²) in [6.45, 7) is 5.02. The highest BCUT2D eigenvalue weighted by molar-refractivity contribution is 5.93. The van der Waals surface area contributed by atoms with Gasteiger partial charge in [-0.15, -0.1) is 0 Å². The van der Waals surface area contributed by atoms with Gasteiger partial charge in [0.2, 0.25) is 0 Å². The van der Waals surface area contributed by atoms with Crippen molar-refractivity contribution in [3.8, 4) is 0 Å². The second kappa shape index (κ2) is 6.07. The van der Waals surface area contributed by atoms with Gasteiger partial charge in [-0.3, -0.25) is 9.69 Å². The van der Waals surface area contributed by atoms with Crippen LogP contribution in [0.4, 0.5) is 0 Å². The van der Waals surface area contributed by atoms with Crippen molar-refractivity contribution in [1.82, 2.24) is 19.8 Å². The van der Waals surface area contributed by atoms with E-state index in [-0.39, 0.29) is 11.9 Å². The van der Waals surface area contributed by atoms with Crippen molar-refractivity contribution in [3.05, 3.63) is 23.8 Å². The molecule has 0 aromatic carbocycles. The lowest BCUT2D eigenvalue weighted by Crippen LogP contribution is -2.41. The van der Waals surface area contributed by atoms with Crippen molar-refractivity contribution in [2.45, 2.75) is 38.3 Å². The van der Waals surface area contributed by atoms with Gasteiger partial charge >= 0.3 is 0 Å². The zero-order valence-corrected chi connectivity index (χ0v) is 12.4. The Hall–Kier alpha value is -1.53. The largest absolute Gasteiger partial charge is 0.390 e. The second-order valence-corrected chi connectivity index (χ2v) is 5.83. The number of hydrogen-bond donors (Lipinski definition) is 1. The lowest BCUT2D eigenvalue weighted by Gasteiger charge is -2.25. The average Bonchev–Trinajstić information content (AvgIpc) is 3.15. The van der Waals surface area contributed by atoms with E-state index in [1.54, 1.807) is 17.3 Å². The number of aromatic nitrogens is 2. The van der Waals surface area contributed by atoms with E-state index >= 15 is 0 Å². The molecule has 2 fully saturated rings. The molecule has 1 N–H and O–H groups in total. The molecule has 21 heavy (non-hydrogen) atoms. The van der Waals surface area contributed by atoms with Crippen molar-refractivity contribution in [2.75, 3.05) is 26.2 Å². The minimum atomic E-state index is -0.456. The van der Waals surface area contributed by atoms with E-state index in [0.717, 1.165) is 25.3 Å². The van der Waals surface area contributed by atoms with Crippen LogP contribution in [0, 0.1) is 0 Å². The van der Waals surface area contributed by atoms with Gasteiger partial charge in [0, 0.05) is 31.9 Å². The van der Waals surface area contributed by atoms with Crippen LogP contribution in [0.1, 0.15) is 35.9 Å². The first-order valence-electron chi connectivity index (χ1n) is 7.71. The highest BCUT2D eigenvalue weighted by Gasteiger charge is 2.38. The topological polar surface area (TPSA) is 69.6 Å². The van der Waals surface area contributed by atoms with Crippen LogP contribution in [0.2, 0.25) is 0 Å². The minimum absolute atomic E-state index is 0.0762. The number of likely N-dealkylation sites (tertiary alicyclic amines) is 2. The molecule has 0 unspecified atom stereocenters. The Balaban J connectivity index is 1.67. The number of carbonyl (C=O) groups is 1. The Labute approximate surface area is 124 Å². The number of aliphatic hydroxyl groups is 1. The van der Waals surface area contributed by atoms with E-state index in [1.165, 1.54) is 12.8 Å². The highest BCUT2D eigenvalue weighted by atomic mass is 16.3. The van der Waals surface area contributed by atoms with Crippen molar-refractivity contribution in [3.63, 3.8) is 0 Å². The molecule has 1 aromatic rings. The fourth-order valence-corrected chi connectivity index (χ4v) is 3.20. The molecule has 6 nitrogen and oxygen atoms in total. The van der Waals surface area contributed by atoms with Crippen LogP contribution in [0.25, 0.3) is 0 Å². The molecular weight excluding hydrogens is 268 g/mol. The van der Waals surface area contributed by atoms with Gasteiger partial charge in [0.05, 0.1) is 17.7 Å². The summed E-state index contributed by atoms with van der Waals surface area (Å²) in [6, 6.07) is 0.0762. The molecular formula is C15H22N4O2. The van der Waals surface area contributed by atoms with E-state index in [0.29, 0.717) is 18.7 Å². The number of β-amino-alcohol motifs (C(OH)–C–C–N with tert-alkyl or cyclic N) is 1. The number of nitrogens with zero attached hydrogens (tertiary/aromatic N) is 4. The summed E-state index contributed by atoms with van der Waals surface area (Å²) < 4.78 is 0. The Kier molecular flexibility index (Phi) is 4.17. The lowest BCUT2D eigenvalue weighted by atomic mass is 10.2. The molecule has 0 spiro atoms. The normalized spacial score (nSPS) is 26.5. The molecule has 0 radical (unpaired) electrons. The molecule has 0 saturated carbocycles. The number of aliphatic hydroxyl groups excluding tert-OH is 1. The first-order valence-corrected chi connectivity index (χ1v) is 7.71. The van der Waals surface area contributed by atoms with Gasteiger partial charge in [-0.1, -0.05) is 6.92 Å². The van der Waals surface area contributed by atoms with E-state index in [9.17, 15) is 9.90 Å². The average molecular weight is 290 g/mol. The summed E-state index contributed by atoms with van der Waals surface area (Å²) >= 11 is 0. The number of carbonyl (C=O) groups excluding carboxylic acids is 1. The van der Waals surface area contributed by atoms with Crippen LogP contribution in [0.3, 0.4) is 0 Å². The molecule has 0 bridgehead atoms. The van der Waals surface area contributed by atoms with Crippen LogP contribution in [0.5, 0.6) is 0 Å². The fraction of sp³-hybridized carbons (Fsp3) is 0.667. The van der Waals surface area contributed by atoms with Crippen LogP contribution in [0.15, 0.2) is 12.4 Å². The predicted octanol–water partition coefficient (Wildman–Crippen LogP) is 0.320. The second-order valence-electron chi connectivity index (χ2n) is 5.83. The third-order valence-electron chi connectivity index (χ3n) is 4.42. The molecule has 3 heterocycles. The van der Waals surface area contributed by atoms with Crippen molar-refractivity contribution in [2.24, 2.45) is 0 Å². The molecule has 2 saturated heterocycles. The summed E-state index contributed by atoms with van der Waals surface area (Å²) in [4.78, 5) is 24.8. The van der Waals surface area contributed by atoms with E-state index in [4.69, 9.17) is 0 Å². The molecule has 3 rings (SSSR count). The van der Waals surface area contributed by atoms with Gasteiger partial charge in [0.25, 0.3) is 5.91 Å². The third-order valence-corrected chi connectivity index (χ3v) is 4.42. The number of rotatable bonds is 3. The highest BCUT2D eigenvalue weighted by Crippen LogP contribution is 2.22. The maximum Gasteiger partial charge on any atom is 0.257 e. The van der Waals surface area contributed by atoms with Crippen LogP contribution < -0.4 is 0 Å². The van der Waals surface area contributed by atoms with Crippen molar-refractivity contribution >= 4 is 5.91 Å². The van der Waals surface area contributed by atoms with E-state index in [2.05, 4.69) is 14.9 Å². The Morgan fingerprint density at radius 3 is 2.57 bits per heavy atom. The molecule has 2 atom stereocenters. The van der Waals surface area contributed by atoms with Crippen LogP contribution in [-0.2, 0) is 6.42 Å². The standard InChI is InChI=1S/C15H22N4O2/c1-2-14-16-7-11(8-17-14)15(21)19-9-12(13(20)10-19)18-5-3-4-6-18/h7-8,12-13,20H,2-6,9-10H2,1H3/t12-,13-/m0/s1. The minimum Gasteiger partial charge on any atom is -0.390 e.